The fourth-order valence-corrected chi connectivity index (χ4v) is 2.65. The highest BCUT2D eigenvalue weighted by molar-refractivity contribution is 5.82. The van der Waals surface area contributed by atoms with Crippen molar-refractivity contribution in [2.45, 2.75) is 50.6 Å². The van der Waals surface area contributed by atoms with Gasteiger partial charge >= 0.3 is 0 Å². The number of piperidine rings is 1. The molecule has 2 N–H and O–H groups in total. The minimum absolute atomic E-state index is 0.0209. The minimum atomic E-state index is -0.0336. The standard InChI is InChI=1S/C12H19N3O/c13-8-9-4-3-6-10(9)15-12(16)11-5-1-2-7-14-11/h9-11,14H,1-7H2,(H,15,16). The van der Waals surface area contributed by atoms with Crippen LogP contribution in [-0.4, -0.2) is 24.5 Å². The third-order valence-electron chi connectivity index (χ3n) is 3.64. The lowest BCUT2D eigenvalue weighted by atomic mass is 10.0. The number of amides is 1. The Morgan fingerprint density at radius 3 is 2.81 bits per heavy atom. The summed E-state index contributed by atoms with van der Waals surface area (Å²) in [5.74, 6) is 0.111. The summed E-state index contributed by atoms with van der Waals surface area (Å²) in [4.78, 5) is 11.9. The molecule has 2 fully saturated rings. The fourth-order valence-electron chi connectivity index (χ4n) is 2.65. The van der Waals surface area contributed by atoms with E-state index in [0.29, 0.717) is 0 Å². The largest absolute Gasteiger partial charge is 0.351 e. The maximum Gasteiger partial charge on any atom is 0.237 e. The number of carbonyl (C=O) groups is 1. The van der Waals surface area contributed by atoms with Gasteiger partial charge in [0.1, 0.15) is 0 Å². The molecule has 0 bridgehead atoms. The van der Waals surface area contributed by atoms with Gasteiger partial charge in [-0.3, -0.25) is 4.79 Å². The van der Waals surface area contributed by atoms with E-state index in [1.165, 1.54) is 0 Å². The van der Waals surface area contributed by atoms with Crippen molar-refractivity contribution in [2.75, 3.05) is 6.54 Å². The van der Waals surface area contributed by atoms with Crippen molar-refractivity contribution in [1.29, 1.82) is 5.26 Å². The summed E-state index contributed by atoms with van der Waals surface area (Å²) >= 11 is 0. The van der Waals surface area contributed by atoms with Gasteiger partial charge in [-0.1, -0.05) is 6.42 Å². The molecular weight excluding hydrogens is 202 g/mol. The van der Waals surface area contributed by atoms with Gasteiger partial charge in [0.05, 0.1) is 18.0 Å². The molecule has 0 radical (unpaired) electrons. The third-order valence-corrected chi connectivity index (χ3v) is 3.64. The first-order valence-electron chi connectivity index (χ1n) is 6.24. The summed E-state index contributed by atoms with van der Waals surface area (Å²) in [6.45, 7) is 0.935. The van der Waals surface area contributed by atoms with Gasteiger partial charge in [0.15, 0.2) is 0 Å². The Morgan fingerprint density at radius 1 is 1.25 bits per heavy atom. The van der Waals surface area contributed by atoms with Crippen molar-refractivity contribution in [1.82, 2.24) is 10.6 Å². The molecule has 2 rings (SSSR count). The normalized spacial score (nSPS) is 34.3. The van der Waals surface area contributed by atoms with Crippen LogP contribution in [0.4, 0.5) is 0 Å². The fraction of sp³-hybridized carbons (Fsp3) is 0.833. The molecule has 4 nitrogen and oxygen atoms in total. The molecule has 3 atom stereocenters. The Morgan fingerprint density at radius 2 is 2.12 bits per heavy atom. The Bertz CT molecular complexity index is 291. The molecule has 0 aromatic carbocycles. The number of hydrogen-bond acceptors (Lipinski definition) is 3. The number of nitriles is 1. The van der Waals surface area contributed by atoms with E-state index in [0.717, 1.165) is 45.1 Å². The van der Waals surface area contributed by atoms with E-state index in [1.807, 2.05) is 0 Å². The summed E-state index contributed by atoms with van der Waals surface area (Å²) < 4.78 is 0. The molecule has 0 spiro atoms. The Balaban J connectivity index is 1.84. The molecule has 88 valence electrons. The van der Waals surface area contributed by atoms with Crippen molar-refractivity contribution in [3.05, 3.63) is 0 Å². The first-order chi connectivity index (χ1) is 7.81. The van der Waals surface area contributed by atoms with Crippen molar-refractivity contribution in [2.24, 2.45) is 5.92 Å². The van der Waals surface area contributed by atoms with E-state index < -0.39 is 0 Å². The molecule has 1 aliphatic carbocycles. The van der Waals surface area contributed by atoms with E-state index in [9.17, 15) is 4.79 Å². The van der Waals surface area contributed by atoms with Crippen LogP contribution < -0.4 is 10.6 Å². The van der Waals surface area contributed by atoms with Gasteiger partial charge in [0.25, 0.3) is 0 Å². The van der Waals surface area contributed by atoms with Crippen LogP contribution in [0.3, 0.4) is 0 Å². The van der Waals surface area contributed by atoms with Gasteiger partial charge in [-0.15, -0.1) is 0 Å². The highest BCUT2D eigenvalue weighted by atomic mass is 16.2. The van der Waals surface area contributed by atoms with Crippen molar-refractivity contribution in [3.63, 3.8) is 0 Å². The Kier molecular flexibility index (Phi) is 3.79. The molecule has 1 saturated heterocycles. The van der Waals surface area contributed by atoms with Gasteiger partial charge < -0.3 is 10.6 Å². The van der Waals surface area contributed by atoms with Gasteiger partial charge in [-0.05, 0) is 38.6 Å². The third kappa shape index (κ3) is 2.53. The summed E-state index contributed by atoms with van der Waals surface area (Å²) in [6, 6.07) is 2.34. The summed E-state index contributed by atoms with van der Waals surface area (Å²) in [5.41, 5.74) is 0. The smallest absolute Gasteiger partial charge is 0.237 e. The van der Waals surface area contributed by atoms with Crippen LogP contribution in [0.5, 0.6) is 0 Å². The second-order valence-electron chi connectivity index (χ2n) is 4.78. The van der Waals surface area contributed by atoms with E-state index >= 15 is 0 Å². The van der Waals surface area contributed by atoms with E-state index in [1.54, 1.807) is 0 Å². The van der Waals surface area contributed by atoms with Crippen molar-refractivity contribution < 1.29 is 4.79 Å². The maximum atomic E-state index is 11.9. The lowest BCUT2D eigenvalue weighted by Crippen LogP contribution is -2.50. The van der Waals surface area contributed by atoms with Crippen molar-refractivity contribution >= 4 is 5.91 Å². The maximum absolute atomic E-state index is 11.9. The topological polar surface area (TPSA) is 64.9 Å². The van der Waals surface area contributed by atoms with E-state index in [2.05, 4.69) is 16.7 Å². The van der Waals surface area contributed by atoms with Crippen LogP contribution >= 0.6 is 0 Å². The number of hydrogen-bond donors (Lipinski definition) is 2. The molecule has 16 heavy (non-hydrogen) atoms. The summed E-state index contributed by atoms with van der Waals surface area (Å²) in [7, 11) is 0. The van der Waals surface area contributed by atoms with Gasteiger partial charge in [-0.2, -0.15) is 5.26 Å². The summed E-state index contributed by atoms with van der Waals surface area (Å²) in [6.07, 6.45) is 6.15. The predicted octanol–water partition coefficient (Wildman–Crippen LogP) is 0.937. The van der Waals surface area contributed by atoms with Gasteiger partial charge in [0, 0.05) is 6.04 Å². The molecule has 1 heterocycles. The first-order valence-corrected chi connectivity index (χ1v) is 6.24. The molecular formula is C12H19N3O. The van der Waals surface area contributed by atoms with Gasteiger partial charge in [-0.25, -0.2) is 0 Å². The highest BCUT2D eigenvalue weighted by Crippen LogP contribution is 2.25. The molecule has 1 amide bonds. The number of rotatable bonds is 2. The van der Waals surface area contributed by atoms with Crippen LogP contribution in [-0.2, 0) is 4.79 Å². The molecule has 0 aromatic rings. The Hall–Kier alpha value is -1.08. The van der Waals surface area contributed by atoms with Crippen molar-refractivity contribution in [3.8, 4) is 6.07 Å². The lowest BCUT2D eigenvalue weighted by Gasteiger charge is -2.25. The zero-order valence-electron chi connectivity index (χ0n) is 9.54. The SMILES string of the molecule is N#CC1CCCC1NC(=O)C1CCCCN1. The van der Waals surface area contributed by atoms with Crippen LogP contribution in [0.2, 0.25) is 0 Å². The highest BCUT2D eigenvalue weighted by Gasteiger charge is 2.30. The van der Waals surface area contributed by atoms with E-state index in [-0.39, 0.29) is 23.9 Å². The average Bonchev–Trinajstić information content (AvgIpc) is 2.77. The van der Waals surface area contributed by atoms with Crippen LogP contribution in [0, 0.1) is 17.2 Å². The van der Waals surface area contributed by atoms with Crippen LogP contribution in [0.15, 0.2) is 0 Å². The van der Waals surface area contributed by atoms with Crippen LogP contribution in [0.25, 0.3) is 0 Å². The number of nitrogens with zero attached hydrogens (tertiary/aromatic N) is 1. The lowest BCUT2D eigenvalue weighted by molar-refractivity contribution is -0.124. The second kappa shape index (κ2) is 5.31. The average molecular weight is 221 g/mol. The Labute approximate surface area is 96.4 Å². The molecule has 4 heteroatoms. The number of nitrogens with one attached hydrogen (secondary N) is 2. The second-order valence-corrected chi connectivity index (χ2v) is 4.78. The monoisotopic (exact) mass is 221 g/mol. The molecule has 1 aliphatic heterocycles. The minimum Gasteiger partial charge on any atom is -0.351 e. The number of carbonyl (C=O) groups excluding carboxylic acids is 1. The van der Waals surface area contributed by atoms with Gasteiger partial charge in [0.2, 0.25) is 5.91 Å². The zero-order chi connectivity index (χ0) is 11.4. The zero-order valence-corrected chi connectivity index (χ0v) is 9.54. The predicted molar refractivity (Wildman–Crippen MR) is 60.5 cm³/mol. The quantitative estimate of drug-likeness (QED) is 0.729. The first kappa shape index (κ1) is 11.4. The van der Waals surface area contributed by atoms with Crippen LogP contribution in [0.1, 0.15) is 38.5 Å². The molecule has 2 aliphatic rings. The molecule has 1 saturated carbocycles. The summed E-state index contributed by atoms with van der Waals surface area (Å²) in [5, 5.41) is 15.2. The van der Waals surface area contributed by atoms with E-state index in [4.69, 9.17) is 5.26 Å². The molecule has 3 unspecified atom stereocenters. The molecule has 0 aromatic heterocycles.